The molecule has 2 N–H and O–H groups in total. The van der Waals surface area contributed by atoms with Crippen LogP contribution in [0.3, 0.4) is 0 Å². The van der Waals surface area contributed by atoms with Crippen LogP contribution in [0.15, 0.2) is 15.2 Å². The summed E-state index contributed by atoms with van der Waals surface area (Å²) in [7, 11) is 0. The lowest BCUT2D eigenvalue weighted by Gasteiger charge is -2.30. The monoisotopic (exact) mass is 273 g/mol. The molecule has 1 fully saturated rings. The molecule has 1 aromatic heterocycles. The molecule has 0 aromatic carbocycles. The van der Waals surface area contributed by atoms with Gasteiger partial charge in [-0.05, 0) is 34.7 Å². The number of carbonyl (C=O) groups is 1. The molecule has 1 aliphatic rings. The number of nitrogens with two attached hydrogens (primary N) is 1. The number of hydrogen-bond acceptors (Lipinski definition) is 3. The maximum absolute atomic E-state index is 11.9. The molecule has 0 spiro atoms. The maximum Gasteiger partial charge on any atom is 0.181 e. The van der Waals surface area contributed by atoms with E-state index in [2.05, 4.69) is 15.9 Å². The van der Waals surface area contributed by atoms with Gasteiger partial charge in [0, 0.05) is 20.8 Å². The van der Waals surface area contributed by atoms with E-state index in [0.29, 0.717) is 5.92 Å². The molecular formula is C10H12BrNOS. The molecule has 1 saturated carbocycles. The van der Waals surface area contributed by atoms with Crippen LogP contribution in [-0.4, -0.2) is 11.8 Å². The molecule has 1 unspecified atom stereocenters. The van der Waals surface area contributed by atoms with Crippen LogP contribution in [-0.2, 0) is 0 Å². The van der Waals surface area contributed by atoms with Gasteiger partial charge < -0.3 is 5.73 Å². The van der Waals surface area contributed by atoms with Crippen molar-refractivity contribution in [3.63, 3.8) is 0 Å². The Kier molecular flexibility index (Phi) is 3.04. The van der Waals surface area contributed by atoms with Crippen molar-refractivity contribution in [2.45, 2.75) is 25.3 Å². The zero-order chi connectivity index (χ0) is 10.1. The predicted molar refractivity (Wildman–Crippen MR) is 61.7 cm³/mol. The fourth-order valence-electron chi connectivity index (χ4n) is 1.65. The Bertz CT molecular complexity index is 346. The Labute approximate surface area is 95.6 Å². The molecule has 76 valence electrons. The quantitative estimate of drug-likeness (QED) is 0.861. The summed E-state index contributed by atoms with van der Waals surface area (Å²) in [6, 6.07) is -0.297. The van der Waals surface area contributed by atoms with Gasteiger partial charge in [0.2, 0.25) is 0 Å². The van der Waals surface area contributed by atoms with Gasteiger partial charge in [-0.25, -0.2) is 0 Å². The molecule has 2 nitrogen and oxygen atoms in total. The Morgan fingerprint density at radius 3 is 2.71 bits per heavy atom. The van der Waals surface area contributed by atoms with Crippen molar-refractivity contribution < 1.29 is 4.79 Å². The molecule has 14 heavy (non-hydrogen) atoms. The van der Waals surface area contributed by atoms with Crippen LogP contribution in [0, 0.1) is 5.92 Å². The number of hydrogen-bond donors (Lipinski definition) is 1. The third kappa shape index (κ3) is 1.78. The second-order valence-electron chi connectivity index (χ2n) is 3.71. The first-order valence-electron chi connectivity index (χ1n) is 4.71. The third-order valence-electron chi connectivity index (χ3n) is 2.84. The number of thiophene rings is 1. The first-order chi connectivity index (χ1) is 6.70. The SMILES string of the molecule is NC(C(=O)c1cscc1Br)C1CCC1. The molecule has 0 amide bonds. The zero-order valence-electron chi connectivity index (χ0n) is 7.70. The Balaban J connectivity index is 2.11. The normalized spacial score (nSPS) is 19.0. The molecule has 2 rings (SSSR count). The van der Waals surface area contributed by atoms with Gasteiger partial charge in [0.05, 0.1) is 6.04 Å². The van der Waals surface area contributed by atoms with Gasteiger partial charge in [0.25, 0.3) is 0 Å². The van der Waals surface area contributed by atoms with Crippen molar-refractivity contribution in [1.82, 2.24) is 0 Å². The van der Waals surface area contributed by atoms with E-state index in [9.17, 15) is 4.79 Å². The van der Waals surface area contributed by atoms with Crippen LogP contribution >= 0.6 is 27.3 Å². The van der Waals surface area contributed by atoms with E-state index in [-0.39, 0.29) is 11.8 Å². The van der Waals surface area contributed by atoms with Gasteiger partial charge in [0.1, 0.15) is 0 Å². The van der Waals surface area contributed by atoms with Crippen molar-refractivity contribution >= 4 is 33.0 Å². The number of rotatable bonds is 3. The van der Waals surface area contributed by atoms with Crippen molar-refractivity contribution in [1.29, 1.82) is 0 Å². The smallest absolute Gasteiger partial charge is 0.181 e. The van der Waals surface area contributed by atoms with E-state index < -0.39 is 0 Å². The van der Waals surface area contributed by atoms with Crippen molar-refractivity contribution in [2.24, 2.45) is 11.7 Å². The standard InChI is InChI=1S/C10H12BrNOS/c11-8-5-14-4-7(8)10(13)9(12)6-2-1-3-6/h4-6,9H,1-3,12H2. The molecule has 0 bridgehead atoms. The minimum Gasteiger partial charge on any atom is -0.321 e. The summed E-state index contributed by atoms with van der Waals surface area (Å²) in [5, 5.41) is 3.78. The zero-order valence-corrected chi connectivity index (χ0v) is 10.1. The van der Waals surface area contributed by atoms with E-state index in [1.165, 1.54) is 17.8 Å². The van der Waals surface area contributed by atoms with E-state index in [4.69, 9.17) is 5.73 Å². The minimum atomic E-state index is -0.297. The second kappa shape index (κ2) is 4.13. The number of ketones is 1. The summed E-state index contributed by atoms with van der Waals surface area (Å²) in [5.74, 6) is 0.497. The summed E-state index contributed by atoms with van der Waals surface area (Å²) >= 11 is 4.88. The Hall–Kier alpha value is -0.190. The summed E-state index contributed by atoms with van der Waals surface area (Å²) in [5.41, 5.74) is 6.66. The van der Waals surface area contributed by atoms with Crippen molar-refractivity contribution in [3.05, 3.63) is 20.8 Å². The largest absolute Gasteiger partial charge is 0.321 e. The highest BCUT2D eigenvalue weighted by Gasteiger charge is 2.30. The average Bonchev–Trinajstić information content (AvgIpc) is 2.47. The second-order valence-corrected chi connectivity index (χ2v) is 5.31. The fourth-order valence-corrected chi connectivity index (χ4v) is 3.13. The highest BCUT2D eigenvalue weighted by atomic mass is 79.9. The van der Waals surface area contributed by atoms with E-state index in [1.807, 2.05) is 10.8 Å². The van der Waals surface area contributed by atoms with E-state index in [1.54, 1.807) is 0 Å². The first kappa shape index (κ1) is 10.3. The van der Waals surface area contributed by atoms with E-state index >= 15 is 0 Å². The third-order valence-corrected chi connectivity index (χ3v) is 4.54. The lowest BCUT2D eigenvalue weighted by Crippen LogP contribution is -2.41. The lowest BCUT2D eigenvalue weighted by atomic mass is 9.78. The average molecular weight is 274 g/mol. The lowest BCUT2D eigenvalue weighted by molar-refractivity contribution is 0.0897. The number of carbonyl (C=O) groups excluding carboxylic acids is 1. The minimum absolute atomic E-state index is 0.0859. The van der Waals surface area contributed by atoms with Crippen LogP contribution in [0.4, 0.5) is 0 Å². The van der Waals surface area contributed by atoms with Crippen LogP contribution in [0.5, 0.6) is 0 Å². The molecule has 0 saturated heterocycles. The summed E-state index contributed by atoms with van der Waals surface area (Å²) in [6.45, 7) is 0. The van der Waals surface area contributed by atoms with Gasteiger partial charge in [0.15, 0.2) is 5.78 Å². The molecule has 1 aromatic rings. The Morgan fingerprint density at radius 2 is 2.29 bits per heavy atom. The van der Waals surface area contributed by atoms with E-state index in [0.717, 1.165) is 22.9 Å². The molecule has 0 radical (unpaired) electrons. The van der Waals surface area contributed by atoms with Gasteiger partial charge in [-0.15, -0.1) is 0 Å². The predicted octanol–water partition coefficient (Wildman–Crippen LogP) is 2.82. The topological polar surface area (TPSA) is 43.1 Å². The van der Waals surface area contributed by atoms with Gasteiger partial charge in [-0.1, -0.05) is 6.42 Å². The van der Waals surface area contributed by atoms with Crippen molar-refractivity contribution in [2.75, 3.05) is 0 Å². The summed E-state index contributed by atoms with van der Waals surface area (Å²) in [4.78, 5) is 11.9. The van der Waals surface area contributed by atoms with Crippen LogP contribution in [0.25, 0.3) is 0 Å². The van der Waals surface area contributed by atoms with Crippen LogP contribution < -0.4 is 5.73 Å². The number of Topliss-reactive ketones (excluding diaryl/α,β-unsaturated/α-hetero) is 1. The highest BCUT2D eigenvalue weighted by Crippen LogP contribution is 2.31. The van der Waals surface area contributed by atoms with Crippen LogP contribution in [0.1, 0.15) is 29.6 Å². The Morgan fingerprint density at radius 1 is 1.57 bits per heavy atom. The molecule has 0 aliphatic heterocycles. The van der Waals surface area contributed by atoms with Crippen molar-refractivity contribution in [3.8, 4) is 0 Å². The van der Waals surface area contributed by atoms with Gasteiger partial charge in [-0.2, -0.15) is 11.3 Å². The molecular weight excluding hydrogens is 262 g/mol. The molecule has 1 atom stereocenters. The van der Waals surface area contributed by atoms with Crippen LogP contribution in [0.2, 0.25) is 0 Å². The number of halogens is 1. The first-order valence-corrected chi connectivity index (χ1v) is 6.45. The summed E-state index contributed by atoms with van der Waals surface area (Å²) in [6.07, 6.45) is 3.43. The molecule has 1 aliphatic carbocycles. The van der Waals surface area contributed by atoms with Gasteiger partial charge in [-0.3, -0.25) is 4.79 Å². The van der Waals surface area contributed by atoms with Gasteiger partial charge >= 0.3 is 0 Å². The molecule has 4 heteroatoms. The molecule has 1 heterocycles. The fraction of sp³-hybridized carbons (Fsp3) is 0.500. The summed E-state index contributed by atoms with van der Waals surface area (Å²) < 4.78 is 0.877. The maximum atomic E-state index is 11.9. The highest BCUT2D eigenvalue weighted by molar-refractivity contribution is 9.10.